The topological polar surface area (TPSA) is 0 Å². The van der Waals surface area contributed by atoms with Gasteiger partial charge in [0.2, 0.25) is 0 Å². The van der Waals surface area contributed by atoms with Crippen molar-refractivity contribution in [1.82, 2.24) is 0 Å². The van der Waals surface area contributed by atoms with Crippen LogP contribution in [0, 0.1) is 0 Å². The number of rotatable bonds is 5. The van der Waals surface area contributed by atoms with E-state index in [1.807, 2.05) is 0 Å². The zero-order valence-electron chi connectivity index (χ0n) is 5.29. The molecular weight excluding hydrogens is 326 g/mol. The SMILES string of the molecule is CCCCCC[I-]I. The van der Waals surface area contributed by atoms with Gasteiger partial charge in [0, 0.05) is 0 Å². The molecule has 0 aliphatic carbocycles. The van der Waals surface area contributed by atoms with E-state index in [1.54, 1.807) is 0 Å². The summed E-state index contributed by atoms with van der Waals surface area (Å²) in [4.78, 5) is 0. The van der Waals surface area contributed by atoms with E-state index < -0.39 is 0 Å². The van der Waals surface area contributed by atoms with E-state index >= 15 is 0 Å². The molecule has 0 atom stereocenters. The molecule has 0 aromatic rings. The second-order valence-corrected chi connectivity index (χ2v) is 7.37. The molecule has 2 heteroatoms. The van der Waals surface area contributed by atoms with Crippen molar-refractivity contribution in [3.8, 4) is 0 Å². The standard InChI is InChI=1S/C6H13I2/c1-2-3-4-5-6-8-7/h2-6H2,1H3/q-1. The second kappa shape index (κ2) is 8.46. The second-order valence-electron chi connectivity index (χ2n) is 1.85. The Kier molecular flexibility index (Phi) is 10.0. The van der Waals surface area contributed by atoms with Crippen molar-refractivity contribution in [2.45, 2.75) is 32.6 Å². The molecule has 0 bridgehead atoms. The first-order chi connectivity index (χ1) is 3.91. The third kappa shape index (κ3) is 7.46. The van der Waals surface area contributed by atoms with Gasteiger partial charge in [-0.2, -0.15) is 0 Å². The average molecular weight is 339 g/mol. The molecule has 0 aromatic heterocycles. The van der Waals surface area contributed by atoms with Crippen molar-refractivity contribution in [3.05, 3.63) is 0 Å². The molecule has 0 spiro atoms. The fourth-order valence-electron chi connectivity index (χ4n) is 0.572. The summed E-state index contributed by atoms with van der Waals surface area (Å²) in [6.45, 7) is 2.26. The number of alkyl halides is 1. The molecule has 0 aliphatic rings. The van der Waals surface area contributed by atoms with Gasteiger partial charge in [-0.3, -0.25) is 0 Å². The van der Waals surface area contributed by atoms with E-state index in [0.717, 1.165) is 0 Å². The molecule has 0 fully saturated rings. The van der Waals surface area contributed by atoms with Gasteiger partial charge >= 0.3 is 72.9 Å². The number of halogens is 2. The van der Waals surface area contributed by atoms with Gasteiger partial charge < -0.3 is 0 Å². The number of unbranched alkanes of at least 4 members (excludes halogenated alkanes) is 3. The Morgan fingerprint density at radius 2 is 2.00 bits per heavy atom. The fraction of sp³-hybridized carbons (Fsp3) is 1.00. The van der Waals surface area contributed by atoms with Crippen LogP contribution in [0.2, 0.25) is 0 Å². The van der Waals surface area contributed by atoms with Gasteiger partial charge in [0.15, 0.2) is 0 Å². The fourth-order valence-corrected chi connectivity index (χ4v) is 3.33. The van der Waals surface area contributed by atoms with Gasteiger partial charge in [-0.1, -0.05) is 0 Å². The summed E-state index contributed by atoms with van der Waals surface area (Å²) < 4.78 is 1.53. The first kappa shape index (κ1) is 9.46. The molecular formula is C6H13I2-. The van der Waals surface area contributed by atoms with Gasteiger partial charge in [0.1, 0.15) is 0 Å². The maximum absolute atomic E-state index is 2.55. The van der Waals surface area contributed by atoms with Crippen LogP contribution in [0.5, 0.6) is 0 Å². The van der Waals surface area contributed by atoms with E-state index in [-0.39, 0.29) is 0 Å². The minimum absolute atomic E-state index is 0.560. The van der Waals surface area contributed by atoms with Gasteiger partial charge in [-0.25, -0.2) is 0 Å². The van der Waals surface area contributed by atoms with Crippen molar-refractivity contribution in [2.75, 3.05) is 4.43 Å². The van der Waals surface area contributed by atoms with Crippen LogP contribution in [0.3, 0.4) is 0 Å². The summed E-state index contributed by atoms with van der Waals surface area (Å²) in [5, 5.41) is 0. The molecule has 0 N–H and O–H groups in total. The van der Waals surface area contributed by atoms with E-state index in [1.165, 1.54) is 30.1 Å². The van der Waals surface area contributed by atoms with E-state index in [4.69, 9.17) is 0 Å². The van der Waals surface area contributed by atoms with Crippen LogP contribution in [0.4, 0.5) is 0 Å². The van der Waals surface area contributed by atoms with Crippen LogP contribution in [0.25, 0.3) is 0 Å². The molecule has 0 aliphatic heterocycles. The number of hydrogen-bond donors (Lipinski definition) is 0. The molecule has 0 unspecified atom stereocenters. The molecule has 0 amide bonds. The Morgan fingerprint density at radius 1 is 1.25 bits per heavy atom. The van der Waals surface area contributed by atoms with Gasteiger partial charge in [0.25, 0.3) is 0 Å². The average Bonchev–Trinajstić information content (AvgIpc) is 1.81. The Hall–Kier alpha value is 1.46. The first-order valence-electron chi connectivity index (χ1n) is 3.12. The zero-order chi connectivity index (χ0) is 6.24. The summed E-state index contributed by atoms with van der Waals surface area (Å²) in [6.07, 6.45) is 5.78. The molecule has 52 valence electrons. The summed E-state index contributed by atoms with van der Waals surface area (Å²) in [5.41, 5.74) is 0. The summed E-state index contributed by atoms with van der Waals surface area (Å²) in [7, 11) is 0. The monoisotopic (exact) mass is 339 g/mol. The normalized spacial score (nSPS) is 10.2. The Labute approximate surface area is 72.2 Å². The molecule has 0 nitrogen and oxygen atoms in total. The van der Waals surface area contributed by atoms with Crippen LogP contribution < -0.4 is 17.2 Å². The summed E-state index contributed by atoms with van der Waals surface area (Å²) >= 11 is 3.11. The van der Waals surface area contributed by atoms with Gasteiger partial charge in [-0.15, -0.1) is 0 Å². The van der Waals surface area contributed by atoms with Crippen LogP contribution in [-0.4, -0.2) is 4.43 Å². The van der Waals surface area contributed by atoms with E-state index in [2.05, 4.69) is 25.5 Å². The molecule has 8 heavy (non-hydrogen) atoms. The van der Waals surface area contributed by atoms with Crippen molar-refractivity contribution in [3.63, 3.8) is 0 Å². The van der Waals surface area contributed by atoms with Crippen molar-refractivity contribution < 1.29 is 17.2 Å². The molecule has 0 heterocycles. The Morgan fingerprint density at radius 3 is 2.50 bits per heavy atom. The van der Waals surface area contributed by atoms with Crippen molar-refractivity contribution >= 4 is 18.6 Å². The van der Waals surface area contributed by atoms with Crippen LogP contribution in [0.15, 0.2) is 0 Å². The zero-order valence-corrected chi connectivity index (χ0v) is 9.61. The quantitative estimate of drug-likeness (QED) is 0.376. The molecule has 0 saturated carbocycles. The van der Waals surface area contributed by atoms with E-state index in [9.17, 15) is 0 Å². The summed E-state index contributed by atoms with van der Waals surface area (Å²) in [5.74, 6) is 0. The van der Waals surface area contributed by atoms with Gasteiger partial charge in [-0.05, 0) is 0 Å². The van der Waals surface area contributed by atoms with Crippen LogP contribution in [-0.2, 0) is 0 Å². The van der Waals surface area contributed by atoms with Crippen LogP contribution >= 0.6 is 18.6 Å². The Balaban J connectivity index is 2.53. The van der Waals surface area contributed by atoms with E-state index in [0.29, 0.717) is 17.2 Å². The maximum atomic E-state index is 2.55. The molecule has 0 radical (unpaired) electrons. The number of hydrogen-bond acceptors (Lipinski definition) is 0. The van der Waals surface area contributed by atoms with Crippen molar-refractivity contribution in [2.24, 2.45) is 0 Å². The first-order valence-corrected chi connectivity index (χ1v) is 10.9. The molecule has 0 aromatic carbocycles. The minimum atomic E-state index is 0.560. The third-order valence-electron chi connectivity index (χ3n) is 1.06. The predicted molar refractivity (Wildman–Crippen MR) is 43.0 cm³/mol. The summed E-state index contributed by atoms with van der Waals surface area (Å²) in [6, 6.07) is 0. The molecule has 0 saturated heterocycles. The predicted octanol–water partition coefficient (Wildman–Crippen LogP) is 0.00570. The molecule has 0 rings (SSSR count). The Bertz CT molecular complexity index is 31.5. The van der Waals surface area contributed by atoms with Gasteiger partial charge in [0.05, 0.1) is 0 Å². The van der Waals surface area contributed by atoms with Crippen LogP contribution in [0.1, 0.15) is 32.6 Å². The third-order valence-corrected chi connectivity index (χ3v) is 4.96. The van der Waals surface area contributed by atoms with Crippen molar-refractivity contribution in [1.29, 1.82) is 0 Å².